The third kappa shape index (κ3) is 4.75. The van der Waals surface area contributed by atoms with Gasteiger partial charge in [0.15, 0.2) is 5.76 Å². The quantitative estimate of drug-likeness (QED) is 0.519. The van der Waals surface area contributed by atoms with E-state index in [9.17, 15) is 4.79 Å². The standard InChI is InChI=1S/C20H22BrN3O4/c1-4-24-11-17(21)18(22-24)12-23(2)20(25)19-10-9-16(28-19)13-27-15-7-5-14(26-3)6-8-15/h5-11H,4,12-13H2,1-3H3. The molecule has 0 fully saturated rings. The molecular formula is C20H22BrN3O4. The van der Waals surface area contributed by atoms with Gasteiger partial charge in [-0.25, -0.2) is 0 Å². The minimum Gasteiger partial charge on any atom is -0.497 e. The molecule has 7 nitrogen and oxygen atoms in total. The minimum atomic E-state index is -0.214. The van der Waals surface area contributed by atoms with Crippen LogP contribution >= 0.6 is 15.9 Å². The van der Waals surface area contributed by atoms with Crippen molar-refractivity contribution in [1.82, 2.24) is 14.7 Å². The first-order valence-electron chi connectivity index (χ1n) is 8.83. The predicted octanol–water partition coefficient (Wildman–Crippen LogP) is 4.12. The maximum atomic E-state index is 12.6. The zero-order valence-electron chi connectivity index (χ0n) is 16.0. The van der Waals surface area contributed by atoms with Gasteiger partial charge in [0.2, 0.25) is 0 Å². The summed E-state index contributed by atoms with van der Waals surface area (Å²) in [6, 6.07) is 10.7. The number of halogens is 1. The van der Waals surface area contributed by atoms with Gasteiger partial charge < -0.3 is 18.8 Å². The molecule has 1 aromatic carbocycles. The highest BCUT2D eigenvalue weighted by Crippen LogP contribution is 2.20. The molecule has 0 radical (unpaired) electrons. The summed E-state index contributed by atoms with van der Waals surface area (Å²) in [4.78, 5) is 14.2. The highest BCUT2D eigenvalue weighted by molar-refractivity contribution is 9.10. The zero-order valence-corrected chi connectivity index (χ0v) is 17.6. The second kappa shape index (κ2) is 8.97. The average Bonchev–Trinajstić information content (AvgIpc) is 3.33. The molecule has 0 N–H and O–H groups in total. The maximum Gasteiger partial charge on any atom is 0.289 e. The summed E-state index contributed by atoms with van der Waals surface area (Å²) in [7, 11) is 3.33. The minimum absolute atomic E-state index is 0.214. The van der Waals surface area contributed by atoms with E-state index in [1.54, 1.807) is 31.2 Å². The van der Waals surface area contributed by atoms with Gasteiger partial charge in [0, 0.05) is 19.8 Å². The molecule has 148 valence electrons. The Balaban J connectivity index is 1.58. The predicted molar refractivity (Wildman–Crippen MR) is 107 cm³/mol. The summed E-state index contributed by atoms with van der Waals surface area (Å²) in [5.74, 6) is 2.08. The van der Waals surface area contributed by atoms with Crippen LogP contribution in [0.4, 0.5) is 0 Å². The van der Waals surface area contributed by atoms with Crippen molar-refractivity contribution in [2.75, 3.05) is 14.2 Å². The highest BCUT2D eigenvalue weighted by atomic mass is 79.9. The molecule has 0 aliphatic heterocycles. The number of aryl methyl sites for hydroxylation is 1. The molecule has 0 unspecified atom stereocenters. The van der Waals surface area contributed by atoms with Gasteiger partial charge in [0.1, 0.15) is 23.9 Å². The van der Waals surface area contributed by atoms with E-state index in [0.29, 0.717) is 18.1 Å². The van der Waals surface area contributed by atoms with Crippen molar-refractivity contribution in [3.05, 3.63) is 64.3 Å². The lowest BCUT2D eigenvalue weighted by Gasteiger charge is -2.14. The van der Waals surface area contributed by atoms with E-state index in [2.05, 4.69) is 21.0 Å². The maximum absolute atomic E-state index is 12.6. The molecule has 0 spiro atoms. The molecule has 8 heteroatoms. The topological polar surface area (TPSA) is 69.7 Å². The van der Waals surface area contributed by atoms with E-state index in [0.717, 1.165) is 22.5 Å². The van der Waals surface area contributed by atoms with Crippen LogP contribution in [0, 0.1) is 0 Å². The molecule has 0 aliphatic carbocycles. The number of carbonyl (C=O) groups excluding carboxylic acids is 1. The number of furan rings is 1. The summed E-state index contributed by atoms with van der Waals surface area (Å²) in [6.45, 7) is 3.39. The Morgan fingerprint density at radius 1 is 1.21 bits per heavy atom. The second-order valence-corrected chi connectivity index (χ2v) is 7.03. The summed E-state index contributed by atoms with van der Waals surface area (Å²) in [6.07, 6.45) is 1.90. The zero-order chi connectivity index (χ0) is 20.1. The van der Waals surface area contributed by atoms with Crippen LogP contribution in [0.25, 0.3) is 0 Å². The summed E-state index contributed by atoms with van der Waals surface area (Å²) >= 11 is 3.48. The number of aromatic nitrogens is 2. The molecule has 2 aromatic heterocycles. The van der Waals surface area contributed by atoms with Crippen molar-refractivity contribution in [3.8, 4) is 11.5 Å². The molecule has 0 bridgehead atoms. The van der Waals surface area contributed by atoms with Crippen LogP contribution < -0.4 is 9.47 Å². The van der Waals surface area contributed by atoms with Crippen molar-refractivity contribution >= 4 is 21.8 Å². The fraction of sp³-hybridized carbons (Fsp3) is 0.300. The van der Waals surface area contributed by atoms with Gasteiger partial charge in [0.25, 0.3) is 5.91 Å². The molecule has 0 saturated carbocycles. The van der Waals surface area contributed by atoms with Crippen LogP contribution in [0.1, 0.15) is 28.9 Å². The summed E-state index contributed by atoms with van der Waals surface area (Å²) in [5, 5.41) is 4.44. The smallest absolute Gasteiger partial charge is 0.289 e. The van der Waals surface area contributed by atoms with Crippen LogP contribution in [-0.2, 0) is 19.7 Å². The molecular weight excluding hydrogens is 426 g/mol. The molecule has 0 atom stereocenters. The first-order chi connectivity index (χ1) is 13.5. The number of rotatable bonds is 8. The monoisotopic (exact) mass is 447 g/mol. The first-order valence-corrected chi connectivity index (χ1v) is 9.62. The molecule has 0 saturated heterocycles. The lowest BCUT2D eigenvalue weighted by Crippen LogP contribution is -2.26. The van der Waals surface area contributed by atoms with E-state index >= 15 is 0 Å². The molecule has 28 heavy (non-hydrogen) atoms. The Kier molecular flexibility index (Phi) is 6.41. The van der Waals surface area contributed by atoms with Gasteiger partial charge >= 0.3 is 0 Å². The third-order valence-electron chi connectivity index (χ3n) is 4.16. The Labute approximate surface area is 172 Å². The van der Waals surface area contributed by atoms with Crippen molar-refractivity contribution < 1.29 is 18.7 Å². The number of carbonyl (C=O) groups is 1. The van der Waals surface area contributed by atoms with E-state index < -0.39 is 0 Å². The van der Waals surface area contributed by atoms with Crippen LogP contribution in [0.5, 0.6) is 11.5 Å². The molecule has 2 heterocycles. The summed E-state index contributed by atoms with van der Waals surface area (Å²) in [5.41, 5.74) is 0.798. The van der Waals surface area contributed by atoms with E-state index in [1.165, 1.54) is 0 Å². The van der Waals surface area contributed by atoms with Crippen molar-refractivity contribution in [2.24, 2.45) is 0 Å². The van der Waals surface area contributed by atoms with Crippen LogP contribution in [0.2, 0.25) is 0 Å². The van der Waals surface area contributed by atoms with Crippen molar-refractivity contribution in [3.63, 3.8) is 0 Å². The van der Waals surface area contributed by atoms with Gasteiger partial charge in [0.05, 0.1) is 23.8 Å². The SMILES string of the molecule is CCn1cc(Br)c(CN(C)C(=O)c2ccc(COc3ccc(OC)cc3)o2)n1. The van der Waals surface area contributed by atoms with E-state index in [-0.39, 0.29) is 18.3 Å². The van der Waals surface area contributed by atoms with Crippen molar-refractivity contribution in [1.29, 1.82) is 0 Å². The van der Waals surface area contributed by atoms with E-state index in [4.69, 9.17) is 13.9 Å². The Morgan fingerprint density at radius 2 is 1.93 bits per heavy atom. The number of hydrogen-bond acceptors (Lipinski definition) is 5. The fourth-order valence-corrected chi connectivity index (χ4v) is 3.03. The van der Waals surface area contributed by atoms with Gasteiger partial charge in [-0.1, -0.05) is 0 Å². The third-order valence-corrected chi connectivity index (χ3v) is 4.82. The largest absolute Gasteiger partial charge is 0.497 e. The Morgan fingerprint density at radius 3 is 2.57 bits per heavy atom. The first kappa shape index (κ1) is 20.0. The number of methoxy groups -OCH3 is 1. The lowest BCUT2D eigenvalue weighted by molar-refractivity contribution is 0.0747. The van der Waals surface area contributed by atoms with Crippen LogP contribution in [0.15, 0.2) is 51.5 Å². The van der Waals surface area contributed by atoms with Crippen molar-refractivity contribution in [2.45, 2.75) is 26.6 Å². The van der Waals surface area contributed by atoms with Crippen LogP contribution in [0.3, 0.4) is 0 Å². The summed E-state index contributed by atoms with van der Waals surface area (Å²) < 4.78 is 19.1. The van der Waals surface area contributed by atoms with E-state index in [1.807, 2.05) is 42.1 Å². The number of nitrogens with zero attached hydrogens (tertiary/aromatic N) is 3. The number of hydrogen-bond donors (Lipinski definition) is 0. The normalized spacial score (nSPS) is 10.7. The van der Waals surface area contributed by atoms with Gasteiger partial charge in [-0.3, -0.25) is 9.48 Å². The van der Waals surface area contributed by atoms with Gasteiger partial charge in [-0.2, -0.15) is 5.10 Å². The highest BCUT2D eigenvalue weighted by Gasteiger charge is 2.19. The lowest BCUT2D eigenvalue weighted by atomic mass is 10.3. The number of benzene rings is 1. The second-order valence-electron chi connectivity index (χ2n) is 6.17. The fourth-order valence-electron chi connectivity index (χ4n) is 2.59. The Hall–Kier alpha value is -2.74. The molecule has 1 amide bonds. The molecule has 0 aliphatic rings. The van der Waals surface area contributed by atoms with Gasteiger partial charge in [-0.05, 0) is 59.3 Å². The Bertz CT molecular complexity index is 933. The molecule has 3 aromatic rings. The van der Waals surface area contributed by atoms with Crippen LogP contribution in [-0.4, -0.2) is 34.7 Å². The average molecular weight is 448 g/mol. The number of ether oxygens (including phenoxy) is 2. The van der Waals surface area contributed by atoms with Gasteiger partial charge in [-0.15, -0.1) is 0 Å². The number of amides is 1. The molecule has 3 rings (SSSR count).